The number of sulfonamides is 1. The molecule has 1 aliphatic heterocycles. The molecular weight excluding hydrogens is 463 g/mol. The SMILES string of the molecule is CCC[C@H](NC(=O)OC)C(=O)N[C@H]1CC[C@@H]2CN(S(=O)(=O)c3cccc(C(F)(F)F)c3)C[C@@H]21. The second-order valence-corrected chi connectivity index (χ2v) is 10.4. The molecule has 2 amide bonds. The van der Waals surface area contributed by atoms with Gasteiger partial charge in [-0.25, -0.2) is 13.2 Å². The smallest absolute Gasteiger partial charge is 0.416 e. The van der Waals surface area contributed by atoms with Crippen molar-refractivity contribution in [3.63, 3.8) is 0 Å². The van der Waals surface area contributed by atoms with Crippen molar-refractivity contribution in [1.29, 1.82) is 0 Å². The predicted molar refractivity (Wildman–Crippen MR) is 113 cm³/mol. The van der Waals surface area contributed by atoms with Crippen LogP contribution in [0.25, 0.3) is 0 Å². The minimum absolute atomic E-state index is 0.00550. The van der Waals surface area contributed by atoms with E-state index in [4.69, 9.17) is 0 Å². The summed E-state index contributed by atoms with van der Waals surface area (Å²) in [4.78, 5) is 23.9. The highest BCUT2D eigenvalue weighted by molar-refractivity contribution is 7.89. The van der Waals surface area contributed by atoms with Gasteiger partial charge in [0.1, 0.15) is 6.04 Å². The van der Waals surface area contributed by atoms with Crippen LogP contribution in [0.15, 0.2) is 29.2 Å². The zero-order chi connectivity index (χ0) is 24.4. The lowest BCUT2D eigenvalue weighted by molar-refractivity contribution is -0.137. The lowest BCUT2D eigenvalue weighted by Gasteiger charge is -2.24. The molecule has 4 atom stereocenters. The number of amides is 2. The van der Waals surface area contributed by atoms with Gasteiger partial charge in [-0.1, -0.05) is 19.4 Å². The zero-order valence-corrected chi connectivity index (χ0v) is 19.2. The number of hydrogen-bond donors (Lipinski definition) is 2. The molecule has 0 unspecified atom stereocenters. The second-order valence-electron chi connectivity index (χ2n) is 8.44. The van der Waals surface area contributed by atoms with Crippen LogP contribution in [0, 0.1) is 11.8 Å². The third-order valence-electron chi connectivity index (χ3n) is 6.32. The predicted octanol–water partition coefficient (Wildman–Crippen LogP) is 2.75. The maximum absolute atomic E-state index is 13.0. The standard InChI is InChI=1S/C21H28F3N3O5S/c1-3-5-18(26-20(29)32-2)19(28)25-17-9-8-13-11-27(12-16(13)17)33(30,31)15-7-4-6-14(10-15)21(22,23)24/h4,6-7,10,13,16-18H,3,5,8-9,11-12H2,1-2H3,(H,25,28)(H,26,29)/t13-,16+,17+,18+/m1/s1. The molecule has 1 aliphatic carbocycles. The van der Waals surface area contributed by atoms with Gasteiger partial charge in [0.2, 0.25) is 15.9 Å². The Morgan fingerprint density at radius 2 is 1.97 bits per heavy atom. The Morgan fingerprint density at radius 3 is 2.61 bits per heavy atom. The van der Waals surface area contributed by atoms with Gasteiger partial charge in [-0.05, 0) is 49.3 Å². The minimum Gasteiger partial charge on any atom is -0.453 e. The quantitative estimate of drug-likeness (QED) is 0.610. The van der Waals surface area contributed by atoms with Gasteiger partial charge in [0, 0.05) is 19.1 Å². The van der Waals surface area contributed by atoms with Crippen molar-refractivity contribution in [2.75, 3.05) is 20.2 Å². The van der Waals surface area contributed by atoms with E-state index in [-0.39, 0.29) is 36.9 Å². The molecule has 0 bridgehead atoms. The highest BCUT2D eigenvalue weighted by Gasteiger charge is 2.47. The molecule has 1 saturated heterocycles. The molecule has 3 rings (SSSR count). The fourth-order valence-electron chi connectivity index (χ4n) is 4.62. The number of benzene rings is 1. The molecule has 2 aliphatic rings. The van der Waals surface area contributed by atoms with Crippen molar-refractivity contribution in [2.45, 2.75) is 55.8 Å². The molecule has 2 fully saturated rings. The van der Waals surface area contributed by atoms with Crippen molar-refractivity contribution in [2.24, 2.45) is 11.8 Å². The lowest BCUT2D eigenvalue weighted by atomic mass is 9.97. The first-order valence-corrected chi connectivity index (χ1v) is 12.2. The van der Waals surface area contributed by atoms with Gasteiger partial charge in [-0.15, -0.1) is 0 Å². The van der Waals surface area contributed by atoms with Crippen molar-refractivity contribution in [3.05, 3.63) is 29.8 Å². The van der Waals surface area contributed by atoms with E-state index >= 15 is 0 Å². The maximum atomic E-state index is 13.0. The van der Waals surface area contributed by atoms with E-state index in [1.54, 1.807) is 0 Å². The molecule has 1 heterocycles. The number of hydrogen-bond acceptors (Lipinski definition) is 5. The van der Waals surface area contributed by atoms with Crippen LogP contribution in [-0.4, -0.2) is 57.0 Å². The van der Waals surface area contributed by atoms with E-state index in [2.05, 4.69) is 15.4 Å². The Balaban J connectivity index is 1.70. The number of fused-ring (bicyclic) bond motifs is 1. The van der Waals surface area contributed by atoms with Gasteiger partial charge >= 0.3 is 12.3 Å². The maximum Gasteiger partial charge on any atom is 0.416 e. The Labute approximate surface area is 190 Å². The first-order chi connectivity index (χ1) is 15.5. The van der Waals surface area contributed by atoms with E-state index in [0.29, 0.717) is 31.7 Å². The Bertz CT molecular complexity index is 986. The number of halogens is 3. The van der Waals surface area contributed by atoms with Gasteiger partial charge < -0.3 is 15.4 Å². The third kappa shape index (κ3) is 5.60. The fraction of sp³-hybridized carbons (Fsp3) is 0.619. The Kier molecular flexibility index (Phi) is 7.57. The molecule has 0 aromatic heterocycles. The average Bonchev–Trinajstić information content (AvgIpc) is 3.35. The summed E-state index contributed by atoms with van der Waals surface area (Å²) in [5.41, 5.74) is -1.02. The Morgan fingerprint density at radius 1 is 1.24 bits per heavy atom. The van der Waals surface area contributed by atoms with E-state index in [0.717, 1.165) is 18.2 Å². The van der Waals surface area contributed by atoms with Gasteiger partial charge in [-0.2, -0.15) is 17.5 Å². The summed E-state index contributed by atoms with van der Waals surface area (Å²) in [5.74, 6) is -0.531. The molecule has 1 aromatic carbocycles. The van der Waals surface area contributed by atoms with Crippen LogP contribution in [0.2, 0.25) is 0 Å². The number of ether oxygens (including phenoxy) is 1. The van der Waals surface area contributed by atoms with Crippen LogP contribution in [0.5, 0.6) is 0 Å². The molecule has 12 heteroatoms. The Hall–Kier alpha value is -2.34. The summed E-state index contributed by atoms with van der Waals surface area (Å²) in [5, 5.41) is 5.43. The summed E-state index contributed by atoms with van der Waals surface area (Å²) in [6.07, 6.45) is -2.94. The number of methoxy groups -OCH3 is 1. The molecule has 33 heavy (non-hydrogen) atoms. The van der Waals surface area contributed by atoms with Gasteiger partial charge in [0.05, 0.1) is 17.6 Å². The summed E-state index contributed by atoms with van der Waals surface area (Å²) in [6, 6.07) is 2.66. The number of nitrogens with one attached hydrogen (secondary N) is 2. The number of alkyl halides is 3. The summed E-state index contributed by atoms with van der Waals surface area (Å²) in [6.45, 7) is 2.17. The van der Waals surface area contributed by atoms with E-state index in [1.165, 1.54) is 11.4 Å². The summed E-state index contributed by atoms with van der Waals surface area (Å²) >= 11 is 0. The van der Waals surface area contributed by atoms with Crippen molar-refractivity contribution in [1.82, 2.24) is 14.9 Å². The van der Waals surface area contributed by atoms with Crippen molar-refractivity contribution >= 4 is 22.0 Å². The summed E-state index contributed by atoms with van der Waals surface area (Å²) < 4.78 is 70.9. The van der Waals surface area contributed by atoms with Crippen LogP contribution in [0.1, 0.15) is 38.2 Å². The highest BCUT2D eigenvalue weighted by atomic mass is 32.2. The van der Waals surface area contributed by atoms with Gasteiger partial charge in [-0.3, -0.25) is 4.79 Å². The summed E-state index contributed by atoms with van der Waals surface area (Å²) in [7, 11) is -2.91. The monoisotopic (exact) mass is 491 g/mol. The lowest BCUT2D eigenvalue weighted by Crippen LogP contribution is -2.51. The number of nitrogens with zero attached hydrogens (tertiary/aromatic N) is 1. The second kappa shape index (κ2) is 9.88. The minimum atomic E-state index is -4.64. The van der Waals surface area contributed by atoms with Crippen LogP contribution in [-0.2, 0) is 25.7 Å². The normalized spacial score (nSPS) is 24.2. The van der Waals surface area contributed by atoms with Crippen LogP contribution in [0.3, 0.4) is 0 Å². The van der Waals surface area contributed by atoms with Crippen LogP contribution < -0.4 is 10.6 Å². The van der Waals surface area contributed by atoms with E-state index in [9.17, 15) is 31.2 Å². The number of carbonyl (C=O) groups excluding carboxylic acids is 2. The van der Waals surface area contributed by atoms with Crippen LogP contribution in [0.4, 0.5) is 18.0 Å². The number of rotatable bonds is 7. The number of alkyl carbamates (subject to hydrolysis) is 1. The molecule has 0 spiro atoms. The molecule has 1 aromatic rings. The zero-order valence-electron chi connectivity index (χ0n) is 18.4. The van der Waals surface area contributed by atoms with E-state index in [1.807, 2.05) is 6.92 Å². The third-order valence-corrected chi connectivity index (χ3v) is 8.15. The molecular formula is C21H28F3N3O5S. The average molecular weight is 492 g/mol. The van der Waals surface area contributed by atoms with Gasteiger partial charge in [0.15, 0.2) is 0 Å². The largest absolute Gasteiger partial charge is 0.453 e. The van der Waals surface area contributed by atoms with Crippen molar-refractivity contribution < 1.29 is 35.9 Å². The molecule has 184 valence electrons. The van der Waals surface area contributed by atoms with Crippen molar-refractivity contribution in [3.8, 4) is 0 Å². The molecule has 2 N–H and O–H groups in total. The fourth-order valence-corrected chi connectivity index (χ4v) is 6.20. The first-order valence-electron chi connectivity index (χ1n) is 10.8. The molecule has 1 saturated carbocycles. The molecule has 0 radical (unpaired) electrons. The first kappa shape index (κ1) is 25.3. The van der Waals surface area contributed by atoms with Gasteiger partial charge in [0.25, 0.3) is 0 Å². The van der Waals surface area contributed by atoms with E-state index < -0.39 is 38.8 Å². The number of carbonyl (C=O) groups is 2. The topological polar surface area (TPSA) is 105 Å². The van der Waals surface area contributed by atoms with Crippen LogP contribution >= 0.6 is 0 Å². The highest BCUT2D eigenvalue weighted by Crippen LogP contribution is 2.40. The molecule has 8 nitrogen and oxygen atoms in total.